The Balaban J connectivity index is 1.24. The van der Waals surface area contributed by atoms with E-state index < -0.39 is 0 Å². The summed E-state index contributed by atoms with van der Waals surface area (Å²) < 4.78 is 1.97. The summed E-state index contributed by atoms with van der Waals surface area (Å²) in [6.07, 6.45) is 10.9. The molecule has 164 valence electrons. The van der Waals surface area contributed by atoms with Crippen molar-refractivity contribution in [1.82, 2.24) is 25.0 Å². The molecule has 0 spiro atoms. The molecule has 0 aromatic carbocycles. The molecule has 0 bridgehead atoms. The topological polar surface area (TPSA) is 66.3 Å². The summed E-state index contributed by atoms with van der Waals surface area (Å²) >= 11 is 1.58. The Morgan fingerprint density at radius 1 is 1.10 bits per heavy atom. The maximum Gasteiger partial charge on any atom is 0.224 e. The second-order valence-corrected chi connectivity index (χ2v) is 9.69. The van der Waals surface area contributed by atoms with Crippen LogP contribution in [0.15, 0.2) is 24.5 Å². The number of hydrogen-bond donors (Lipinski definition) is 1. The first kappa shape index (κ1) is 21.3. The van der Waals surface area contributed by atoms with Crippen molar-refractivity contribution in [2.24, 2.45) is 5.92 Å². The maximum atomic E-state index is 12.8. The molecule has 3 atom stereocenters. The number of nitrogens with one attached hydrogen (secondary N) is 1. The number of aromatic nitrogens is 3. The molecule has 0 aliphatic carbocycles. The highest BCUT2D eigenvalue weighted by Gasteiger charge is 2.28. The van der Waals surface area contributed by atoms with E-state index in [0.717, 1.165) is 55.7 Å². The minimum absolute atomic E-state index is 0.0329. The van der Waals surface area contributed by atoms with Crippen LogP contribution in [0.5, 0.6) is 0 Å². The highest BCUT2D eigenvalue weighted by Crippen LogP contribution is 2.28. The summed E-state index contributed by atoms with van der Waals surface area (Å²) in [6, 6.07) is 5.29. The monoisotopic (exact) mass is 430 g/mol. The molecular weight excluding hydrogens is 396 g/mol. The molecule has 7 nitrogen and oxygen atoms in total. The van der Waals surface area contributed by atoms with E-state index in [4.69, 9.17) is 0 Å². The number of nitrogens with zero attached hydrogens (tertiary/aromatic N) is 5. The fraction of sp³-hybridized carbons (Fsp3) is 0.682. The van der Waals surface area contributed by atoms with Gasteiger partial charge in [-0.25, -0.2) is 0 Å². The summed E-state index contributed by atoms with van der Waals surface area (Å²) in [5, 5.41) is 13.6. The molecule has 2 aliphatic rings. The summed E-state index contributed by atoms with van der Waals surface area (Å²) in [4.78, 5) is 17.6. The van der Waals surface area contributed by atoms with Crippen molar-refractivity contribution in [3.8, 4) is 5.13 Å². The molecule has 2 aliphatic heterocycles. The number of hydrogen-bond acceptors (Lipinski definition) is 6. The first-order valence-electron chi connectivity index (χ1n) is 11.4. The molecule has 0 saturated carbocycles. The van der Waals surface area contributed by atoms with Gasteiger partial charge in [0.05, 0.1) is 5.92 Å². The molecule has 1 N–H and O–H groups in total. The lowest BCUT2D eigenvalue weighted by Gasteiger charge is -2.39. The highest BCUT2D eigenvalue weighted by atomic mass is 32.1. The molecule has 2 aromatic heterocycles. The first-order chi connectivity index (χ1) is 14.6. The number of anilines is 1. The van der Waals surface area contributed by atoms with Gasteiger partial charge in [-0.1, -0.05) is 17.8 Å². The van der Waals surface area contributed by atoms with Crippen molar-refractivity contribution < 1.29 is 4.79 Å². The number of carbonyl (C=O) groups excluding carboxylic acids is 1. The second kappa shape index (κ2) is 9.92. The van der Waals surface area contributed by atoms with Gasteiger partial charge < -0.3 is 10.2 Å². The average Bonchev–Trinajstić information content (AvgIpc) is 3.44. The quantitative estimate of drug-likeness (QED) is 0.683. The van der Waals surface area contributed by atoms with Crippen LogP contribution in [0.3, 0.4) is 0 Å². The lowest BCUT2D eigenvalue weighted by molar-refractivity contribution is -0.125. The van der Waals surface area contributed by atoms with Gasteiger partial charge in [-0.2, -0.15) is 0 Å². The number of carbonyl (C=O) groups is 1. The van der Waals surface area contributed by atoms with E-state index in [-0.39, 0.29) is 11.8 Å². The Kier molecular flexibility index (Phi) is 7.04. The van der Waals surface area contributed by atoms with Crippen molar-refractivity contribution in [3.63, 3.8) is 0 Å². The smallest absolute Gasteiger partial charge is 0.224 e. The van der Waals surface area contributed by atoms with Gasteiger partial charge in [0.2, 0.25) is 16.2 Å². The molecule has 8 heteroatoms. The van der Waals surface area contributed by atoms with Crippen LogP contribution in [0.2, 0.25) is 0 Å². The van der Waals surface area contributed by atoms with Gasteiger partial charge in [-0.15, -0.1) is 10.2 Å². The third kappa shape index (κ3) is 5.03. The van der Waals surface area contributed by atoms with Crippen LogP contribution in [0.1, 0.15) is 52.4 Å². The molecule has 30 heavy (non-hydrogen) atoms. The summed E-state index contributed by atoms with van der Waals surface area (Å²) in [6.45, 7) is 8.18. The molecule has 4 heterocycles. The van der Waals surface area contributed by atoms with Crippen molar-refractivity contribution >= 4 is 22.4 Å². The van der Waals surface area contributed by atoms with Crippen molar-refractivity contribution in [3.05, 3.63) is 24.5 Å². The molecule has 2 fully saturated rings. The van der Waals surface area contributed by atoms with Gasteiger partial charge in [0, 0.05) is 50.7 Å². The first-order valence-corrected chi connectivity index (χ1v) is 12.2. The van der Waals surface area contributed by atoms with Gasteiger partial charge in [-0.05, 0) is 58.1 Å². The fourth-order valence-electron chi connectivity index (χ4n) is 4.80. The van der Waals surface area contributed by atoms with Crippen LogP contribution >= 0.6 is 11.3 Å². The average molecular weight is 431 g/mol. The van der Waals surface area contributed by atoms with E-state index >= 15 is 0 Å². The normalized spacial score (nSPS) is 25.4. The van der Waals surface area contributed by atoms with Crippen molar-refractivity contribution in [2.45, 2.75) is 64.5 Å². The minimum atomic E-state index is 0.0329. The van der Waals surface area contributed by atoms with Crippen LogP contribution in [-0.4, -0.2) is 63.8 Å². The third-order valence-corrected chi connectivity index (χ3v) is 7.56. The minimum Gasteiger partial charge on any atom is -0.356 e. The van der Waals surface area contributed by atoms with E-state index in [2.05, 4.69) is 39.2 Å². The van der Waals surface area contributed by atoms with E-state index in [1.807, 2.05) is 29.1 Å². The van der Waals surface area contributed by atoms with Crippen molar-refractivity contribution in [2.75, 3.05) is 31.1 Å². The zero-order valence-corrected chi connectivity index (χ0v) is 19.0. The second-order valence-electron chi connectivity index (χ2n) is 8.75. The van der Waals surface area contributed by atoms with Crippen LogP contribution < -0.4 is 10.2 Å². The summed E-state index contributed by atoms with van der Waals surface area (Å²) in [7, 11) is 0. The molecule has 0 radical (unpaired) electrons. The van der Waals surface area contributed by atoms with Gasteiger partial charge in [-0.3, -0.25) is 14.3 Å². The largest absolute Gasteiger partial charge is 0.356 e. The summed E-state index contributed by atoms with van der Waals surface area (Å²) in [5.41, 5.74) is 0. The molecule has 2 saturated heterocycles. The predicted octanol–water partition coefficient (Wildman–Crippen LogP) is 3.31. The van der Waals surface area contributed by atoms with Crippen LogP contribution in [0, 0.1) is 5.92 Å². The molecule has 2 aromatic rings. The van der Waals surface area contributed by atoms with Crippen LogP contribution in [0.4, 0.5) is 5.13 Å². The Bertz CT molecular complexity index is 796. The Labute approximate surface area is 183 Å². The Morgan fingerprint density at radius 3 is 2.60 bits per heavy atom. The lowest BCUT2D eigenvalue weighted by atomic mass is 9.97. The summed E-state index contributed by atoms with van der Waals surface area (Å²) in [5.74, 6) is 0.222. The lowest BCUT2D eigenvalue weighted by Crippen LogP contribution is -2.46. The number of rotatable bonds is 7. The van der Waals surface area contributed by atoms with Crippen molar-refractivity contribution in [1.29, 1.82) is 0 Å². The predicted molar refractivity (Wildman–Crippen MR) is 121 cm³/mol. The van der Waals surface area contributed by atoms with E-state index in [0.29, 0.717) is 12.1 Å². The SMILES string of the molecule is C[C@@H]1CCC[C@@H](C)N1CCCNC(=O)[C@@H]1CCCN(c2nnc(-n3cccc3)s2)C1. The van der Waals surface area contributed by atoms with E-state index in [1.54, 1.807) is 11.3 Å². The van der Waals surface area contributed by atoms with Gasteiger partial charge in [0.15, 0.2) is 0 Å². The number of likely N-dealkylation sites (tertiary alicyclic amines) is 1. The number of piperidine rings is 2. The van der Waals surface area contributed by atoms with Gasteiger partial charge in [0.25, 0.3) is 0 Å². The van der Waals surface area contributed by atoms with E-state index in [1.165, 1.54) is 19.3 Å². The van der Waals surface area contributed by atoms with Crippen LogP contribution in [-0.2, 0) is 4.79 Å². The fourth-order valence-corrected chi connectivity index (χ4v) is 5.65. The van der Waals surface area contributed by atoms with Crippen LogP contribution in [0.25, 0.3) is 5.13 Å². The highest BCUT2D eigenvalue weighted by molar-refractivity contribution is 7.17. The Morgan fingerprint density at radius 2 is 1.83 bits per heavy atom. The Hall–Kier alpha value is -1.93. The van der Waals surface area contributed by atoms with E-state index in [9.17, 15) is 4.79 Å². The zero-order valence-electron chi connectivity index (χ0n) is 18.2. The number of amides is 1. The maximum absolute atomic E-state index is 12.8. The van der Waals surface area contributed by atoms with Gasteiger partial charge in [0.1, 0.15) is 0 Å². The molecule has 0 unspecified atom stereocenters. The third-order valence-electron chi connectivity index (χ3n) is 6.56. The standard InChI is InChI=1S/C22H34N6OS/c1-17-8-5-9-18(2)28(17)15-7-11-23-20(29)19-10-6-14-27(16-19)22-25-24-21(30-22)26-12-3-4-13-26/h3-4,12-13,17-19H,5-11,14-16H2,1-2H3,(H,23,29)/t17-,18-,19-/m1/s1. The molecular formula is C22H34N6OS. The molecule has 4 rings (SSSR count). The molecule has 1 amide bonds. The van der Waals surface area contributed by atoms with Gasteiger partial charge >= 0.3 is 0 Å². The zero-order chi connectivity index (χ0) is 20.9.